The Bertz CT molecular complexity index is 206. The van der Waals surface area contributed by atoms with Gasteiger partial charge in [0.25, 0.3) is 0 Å². The summed E-state index contributed by atoms with van der Waals surface area (Å²) in [6.07, 6.45) is 7.06. The first kappa shape index (κ1) is 12.3. The smallest absolute Gasteiger partial charge is 0.138 e. The Kier molecular flexibility index (Phi) is 4.85. The molecular weight excluding hydrogens is 188 g/mol. The summed E-state index contributed by atoms with van der Waals surface area (Å²) in [5, 5.41) is 15.6. The molecule has 1 heterocycles. The topological polar surface area (TPSA) is 49.4 Å². The van der Waals surface area contributed by atoms with Crippen LogP contribution >= 0.6 is 0 Å². The average molecular weight is 210 g/mol. The molecule has 0 radical (unpaired) electrons. The molecule has 1 aliphatic rings. The zero-order valence-corrected chi connectivity index (χ0v) is 10.1. The second kappa shape index (κ2) is 5.93. The number of hydrogen-bond acceptors (Lipinski definition) is 4. The molecule has 86 valence electrons. The predicted octanol–water partition coefficient (Wildman–Crippen LogP) is 4.53. The maximum absolute atomic E-state index is 4.16. The Labute approximate surface area is 92.2 Å². The molecular formula is C11H22N4. The summed E-state index contributed by atoms with van der Waals surface area (Å²) in [6, 6.07) is 0. The molecule has 0 saturated carbocycles. The van der Waals surface area contributed by atoms with Crippen LogP contribution in [-0.4, -0.2) is 6.17 Å². The maximum Gasteiger partial charge on any atom is 0.190 e. The van der Waals surface area contributed by atoms with Crippen LogP contribution in [0.4, 0.5) is 0 Å². The minimum Gasteiger partial charge on any atom is -0.138 e. The summed E-state index contributed by atoms with van der Waals surface area (Å²) in [4.78, 5) is 0. The normalized spacial score (nSPS) is 16.5. The fourth-order valence-electron chi connectivity index (χ4n) is 2.67. The third-order valence-corrected chi connectivity index (χ3v) is 3.15. The summed E-state index contributed by atoms with van der Waals surface area (Å²) in [7, 11) is 0. The van der Waals surface area contributed by atoms with Crippen molar-refractivity contribution < 1.29 is 0 Å². The molecule has 4 heteroatoms. The van der Waals surface area contributed by atoms with Gasteiger partial charge in [-0.3, -0.25) is 0 Å². The van der Waals surface area contributed by atoms with Gasteiger partial charge in [-0.25, -0.2) is 0 Å². The molecule has 0 N–H and O–H groups in total. The van der Waals surface area contributed by atoms with Crippen molar-refractivity contribution in [3.63, 3.8) is 0 Å². The summed E-state index contributed by atoms with van der Waals surface area (Å²) in [5.41, 5.74) is 0.210. The Hall–Kier alpha value is -0.800. The summed E-state index contributed by atoms with van der Waals surface area (Å²) >= 11 is 0. The van der Waals surface area contributed by atoms with Crippen LogP contribution in [0, 0.1) is 5.41 Å². The molecule has 0 aromatic carbocycles. The zero-order valence-electron chi connectivity index (χ0n) is 10.1. The van der Waals surface area contributed by atoms with E-state index < -0.39 is 0 Å². The van der Waals surface area contributed by atoms with Crippen LogP contribution in [0.1, 0.15) is 59.3 Å². The van der Waals surface area contributed by atoms with Gasteiger partial charge in [0.05, 0.1) is 0 Å². The first-order valence-corrected chi connectivity index (χ1v) is 6.09. The highest BCUT2D eigenvalue weighted by atomic mass is 15.6. The monoisotopic (exact) mass is 210 g/mol. The first-order valence-electron chi connectivity index (χ1n) is 6.09. The van der Waals surface area contributed by atoms with Gasteiger partial charge in [-0.1, -0.05) is 40.0 Å². The van der Waals surface area contributed by atoms with E-state index in [-0.39, 0.29) is 11.6 Å². The number of hydrogen-bond donors (Lipinski definition) is 0. The Morgan fingerprint density at radius 2 is 1.20 bits per heavy atom. The molecule has 0 unspecified atom stereocenters. The Balaban J connectivity index is 2.78. The van der Waals surface area contributed by atoms with Crippen molar-refractivity contribution >= 4 is 0 Å². The third kappa shape index (κ3) is 2.83. The van der Waals surface area contributed by atoms with Gasteiger partial charge in [-0.2, -0.15) is 0 Å². The molecule has 0 bridgehead atoms. The summed E-state index contributed by atoms with van der Waals surface area (Å²) in [6.45, 7) is 6.68. The molecule has 4 nitrogen and oxygen atoms in total. The van der Waals surface area contributed by atoms with Gasteiger partial charge in [0.15, 0.2) is 6.17 Å². The standard InChI is InChI=1S/C11H22N4/c1-4-7-11(8-5-2,9-6-3)10-12-14-15-13-10/h10H,4-9H2,1-3H3. The lowest BCUT2D eigenvalue weighted by atomic mass is 9.73. The average Bonchev–Trinajstić information content (AvgIpc) is 2.72. The zero-order chi connectivity index (χ0) is 11.1. The van der Waals surface area contributed by atoms with E-state index in [4.69, 9.17) is 0 Å². The van der Waals surface area contributed by atoms with Crippen molar-refractivity contribution in [2.45, 2.75) is 65.5 Å². The molecule has 15 heavy (non-hydrogen) atoms. The van der Waals surface area contributed by atoms with Crippen LogP contribution in [-0.2, 0) is 0 Å². The van der Waals surface area contributed by atoms with Crippen molar-refractivity contribution in [3.8, 4) is 0 Å². The van der Waals surface area contributed by atoms with Gasteiger partial charge in [-0.15, -0.1) is 10.2 Å². The lowest BCUT2D eigenvalue weighted by Crippen LogP contribution is -2.31. The van der Waals surface area contributed by atoms with Gasteiger partial charge in [0, 0.05) is 5.41 Å². The highest BCUT2D eigenvalue weighted by molar-refractivity contribution is 4.89. The number of rotatable bonds is 7. The van der Waals surface area contributed by atoms with Crippen molar-refractivity contribution in [2.24, 2.45) is 26.1 Å². The summed E-state index contributed by atoms with van der Waals surface area (Å²) < 4.78 is 0. The van der Waals surface area contributed by atoms with Gasteiger partial charge in [0.2, 0.25) is 0 Å². The van der Waals surface area contributed by atoms with Crippen molar-refractivity contribution in [1.29, 1.82) is 0 Å². The molecule has 0 aromatic rings. The van der Waals surface area contributed by atoms with E-state index in [1.165, 1.54) is 38.5 Å². The van der Waals surface area contributed by atoms with E-state index in [1.807, 2.05) is 0 Å². The second-order valence-electron chi connectivity index (χ2n) is 4.40. The van der Waals surface area contributed by atoms with Gasteiger partial charge in [-0.05, 0) is 29.7 Å². The lowest BCUT2D eigenvalue weighted by Gasteiger charge is -2.34. The van der Waals surface area contributed by atoms with Crippen LogP contribution in [0.5, 0.6) is 0 Å². The molecule has 1 aliphatic heterocycles. The quantitative estimate of drug-likeness (QED) is 0.592. The van der Waals surface area contributed by atoms with Gasteiger partial charge < -0.3 is 0 Å². The van der Waals surface area contributed by atoms with Crippen molar-refractivity contribution in [1.82, 2.24) is 0 Å². The van der Waals surface area contributed by atoms with E-state index in [2.05, 4.69) is 41.4 Å². The van der Waals surface area contributed by atoms with Gasteiger partial charge >= 0.3 is 0 Å². The third-order valence-electron chi connectivity index (χ3n) is 3.15. The Morgan fingerprint density at radius 1 is 0.800 bits per heavy atom. The lowest BCUT2D eigenvalue weighted by molar-refractivity contribution is 0.165. The molecule has 0 aromatic heterocycles. The van der Waals surface area contributed by atoms with Crippen LogP contribution in [0.2, 0.25) is 0 Å². The Morgan fingerprint density at radius 3 is 1.53 bits per heavy atom. The van der Waals surface area contributed by atoms with Crippen molar-refractivity contribution in [2.75, 3.05) is 0 Å². The largest absolute Gasteiger partial charge is 0.190 e. The van der Waals surface area contributed by atoms with Crippen molar-refractivity contribution in [3.05, 3.63) is 0 Å². The van der Waals surface area contributed by atoms with Gasteiger partial charge in [0.1, 0.15) is 0 Å². The van der Waals surface area contributed by atoms with E-state index >= 15 is 0 Å². The minimum atomic E-state index is -0.0163. The highest BCUT2D eigenvalue weighted by Gasteiger charge is 2.38. The molecule has 0 spiro atoms. The number of nitrogens with zero attached hydrogens (tertiary/aromatic N) is 4. The molecule has 0 aliphatic carbocycles. The predicted molar refractivity (Wildman–Crippen MR) is 60.7 cm³/mol. The molecule has 1 rings (SSSR count). The maximum atomic E-state index is 4.16. The minimum absolute atomic E-state index is 0.0163. The van der Waals surface area contributed by atoms with Crippen LogP contribution in [0.3, 0.4) is 0 Å². The molecule has 0 atom stereocenters. The van der Waals surface area contributed by atoms with Crippen LogP contribution in [0.25, 0.3) is 0 Å². The second-order valence-corrected chi connectivity index (χ2v) is 4.40. The SMILES string of the molecule is CCCC(CCC)(CCC)C1N=NN=N1. The van der Waals surface area contributed by atoms with E-state index in [1.54, 1.807) is 0 Å². The highest BCUT2D eigenvalue weighted by Crippen LogP contribution is 2.42. The first-order chi connectivity index (χ1) is 7.29. The van der Waals surface area contributed by atoms with E-state index in [0.29, 0.717) is 0 Å². The molecule has 0 fully saturated rings. The fourth-order valence-corrected chi connectivity index (χ4v) is 2.67. The van der Waals surface area contributed by atoms with Crippen LogP contribution < -0.4 is 0 Å². The summed E-state index contributed by atoms with van der Waals surface area (Å²) in [5.74, 6) is 0. The molecule has 0 saturated heterocycles. The fraction of sp³-hybridized carbons (Fsp3) is 1.00. The van der Waals surface area contributed by atoms with E-state index in [9.17, 15) is 0 Å². The van der Waals surface area contributed by atoms with Crippen LogP contribution in [0.15, 0.2) is 20.7 Å². The van der Waals surface area contributed by atoms with E-state index in [0.717, 1.165) is 0 Å². The molecule has 0 amide bonds.